The second-order valence-electron chi connectivity index (χ2n) is 5.39. The van der Waals surface area contributed by atoms with Crippen molar-refractivity contribution in [2.24, 2.45) is 11.3 Å². The Morgan fingerprint density at radius 2 is 1.82 bits per heavy atom. The van der Waals surface area contributed by atoms with E-state index in [4.69, 9.17) is 5.26 Å². The highest BCUT2D eigenvalue weighted by atomic mass is 32.1. The Balaban J connectivity index is 4.45. The van der Waals surface area contributed by atoms with Crippen LogP contribution in [-0.4, -0.2) is 30.8 Å². The van der Waals surface area contributed by atoms with Crippen molar-refractivity contribution in [3.63, 3.8) is 0 Å². The molecule has 0 aromatic carbocycles. The summed E-state index contributed by atoms with van der Waals surface area (Å²) in [5.41, 5.74) is 0.330. The van der Waals surface area contributed by atoms with E-state index in [1.807, 2.05) is 6.92 Å². The number of rotatable bonds is 9. The number of hydrogen-bond acceptors (Lipinski definition) is 3. The minimum atomic E-state index is 0.112. The predicted molar refractivity (Wildman–Crippen MR) is 78.4 cm³/mol. The fourth-order valence-electron chi connectivity index (χ4n) is 2.70. The largest absolute Gasteiger partial charge is 0.304 e. The lowest BCUT2D eigenvalue weighted by Gasteiger charge is -2.36. The van der Waals surface area contributed by atoms with Gasteiger partial charge in [-0.3, -0.25) is 0 Å². The first-order valence-electron chi connectivity index (χ1n) is 6.72. The number of hydrogen-bond donors (Lipinski definition) is 1. The fraction of sp³-hybridized carbons (Fsp3) is 0.929. The molecule has 100 valence electrons. The van der Waals surface area contributed by atoms with Crippen molar-refractivity contribution in [3.8, 4) is 6.07 Å². The van der Waals surface area contributed by atoms with E-state index >= 15 is 0 Å². The molecule has 0 saturated carbocycles. The maximum Gasteiger partial charge on any atom is 0.0666 e. The van der Waals surface area contributed by atoms with Crippen molar-refractivity contribution >= 4 is 12.6 Å². The smallest absolute Gasteiger partial charge is 0.0666 e. The molecule has 0 saturated heterocycles. The summed E-state index contributed by atoms with van der Waals surface area (Å²) < 4.78 is 0. The van der Waals surface area contributed by atoms with Crippen molar-refractivity contribution in [3.05, 3.63) is 0 Å². The Morgan fingerprint density at radius 3 is 2.18 bits per heavy atom. The summed E-state index contributed by atoms with van der Waals surface area (Å²) in [6, 6.07) is 2.30. The van der Waals surface area contributed by atoms with E-state index in [9.17, 15) is 0 Å². The molecule has 0 aliphatic carbocycles. The van der Waals surface area contributed by atoms with Crippen LogP contribution in [0.25, 0.3) is 0 Å². The molecule has 0 rings (SSSR count). The average Bonchev–Trinajstić information content (AvgIpc) is 2.29. The minimum absolute atomic E-state index is 0.112. The molecule has 0 radical (unpaired) electrons. The van der Waals surface area contributed by atoms with Gasteiger partial charge in [0.15, 0.2) is 0 Å². The Morgan fingerprint density at radius 1 is 1.29 bits per heavy atom. The van der Waals surface area contributed by atoms with Gasteiger partial charge in [-0.1, -0.05) is 26.7 Å². The molecular formula is C14H28N2S. The van der Waals surface area contributed by atoms with E-state index in [2.05, 4.69) is 44.5 Å². The lowest BCUT2D eigenvalue weighted by atomic mass is 9.80. The highest BCUT2D eigenvalue weighted by Crippen LogP contribution is 2.32. The summed E-state index contributed by atoms with van der Waals surface area (Å²) >= 11 is 4.57. The Bertz CT molecular complexity index is 229. The first-order chi connectivity index (χ1) is 8.03. The van der Waals surface area contributed by atoms with E-state index < -0.39 is 0 Å². The second kappa shape index (κ2) is 8.83. The molecule has 0 aromatic rings. The van der Waals surface area contributed by atoms with Gasteiger partial charge in [-0.05, 0) is 38.0 Å². The van der Waals surface area contributed by atoms with Crippen LogP contribution < -0.4 is 0 Å². The first kappa shape index (κ1) is 16.8. The second-order valence-corrected chi connectivity index (χ2v) is 5.70. The maximum absolute atomic E-state index is 8.85. The Kier molecular flexibility index (Phi) is 8.72. The van der Waals surface area contributed by atoms with Crippen LogP contribution in [0, 0.1) is 22.7 Å². The SMILES string of the molecule is CCCC(CS)(CCC)CN(C)CC(C)C#N. The quantitative estimate of drug-likeness (QED) is 0.638. The summed E-state index contributed by atoms with van der Waals surface area (Å²) in [4.78, 5) is 2.30. The molecule has 0 fully saturated rings. The van der Waals surface area contributed by atoms with Crippen molar-refractivity contribution in [2.45, 2.75) is 46.5 Å². The van der Waals surface area contributed by atoms with Crippen LogP contribution in [0.2, 0.25) is 0 Å². The van der Waals surface area contributed by atoms with Gasteiger partial charge < -0.3 is 4.90 Å². The standard InChI is InChI=1S/C14H28N2S/c1-5-7-14(12-17,8-6-2)11-16(4)10-13(3)9-15/h13,17H,5-8,10-12H2,1-4H3. The van der Waals surface area contributed by atoms with Crippen molar-refractivity contribution in [2.75, 3.05) is 25.9 Å². The third-order valence-electron chi connectivity index (χ3n) is 3.31. The average molecular weight is 256 g/mol. The molecular weight excluding hydrogens is 228 g/mol. The molecule has 0 aliphatic rings. The predicted octanol–water partition coefficient (Wildman–Crippen LogP) is 3.59. The van der Waals surface area contributed by atoms with Gasteiger partial charge >= 0.3 is 0 Å². The summed E-state index contributed by atoms with van der Waals surface area (Å²) in [6.45, 7) is 8.39. The van der Waals surface area contributed by atoms with E-state index in [0.29, 0.717) is 5.41 Å². The summed E-state index contributed by atoms with van der Waals surface area (Å²) in [5.74, 6) is 1.06. The molecule has 0 bridgehead atoms. The minimum Gasteiger partial charge on any atom is -0.304 e. The normalized spacial score (nSPS) is 13.7. The van der Waals surface area contributed by atoms with Gasteiger partial charge in [0, 0.05) is 13.1 Å². The molecule has 2 nitrogen and oxygen atoms in total. The van der Waals surface area contributed by atoms with Gasteiger partial charge in [-0.15, -0.1) is 0 Å². The van der Waals surface area contributed by atoms with Gasteiger partial charge in [-0.25, -0.2) is 0 Å². The van der Waals surface area contributed by atoms with Crippen molar-refractivity contribution < 1.29 is 0 Å². The fourth-order valence-corrected chi connectivity index (χ4v) is 3.11. The molecule has 3 heteroatoms. The third-order valence-corrected chi connectivity index (χ3v) is 3.98. The Hall–Kier alpha value is -0.200. The van der Waals surface area contributed by atoms with Crippen LogP contribution in [0.15, 0.2) is 0 Å². The van der Waals surface area contributed by atoms with Gasteiger partial charge in [0.25, 0.3) is 0 Å². The summed E-state index contributed by atoms with van der Waals surface area (Å²) in [6.07, 6.45) is 4.88. The van der Waals surface area contributed by atoms with E-state index in [1.165, 1.54) is 25.7 Å². The molecule has 1 atom stereocenters. The number of nitrogens with zero attached hydrogens (tertiary/aromatic N) is 2. The molecule has 1 unspecified atom stereocenters. The van der Waals surface area contributed by atoms with Crippen LogP contribution in [0.3, 0.4) is 0 Å². The van der Waals surface area contributed by atoms with E-state index in [1.54, 1.807) is 0 Å². The zero-order chi connectivity index (χ0) is 13.3. The number of nitriles is 1. The van der Waals surface area contributed by atoms with Crippen LogP contribution in [0.5, 0.6) is 0 Å². The highest BCUT2D eigenvalue weighted by Gasteiger charge is 2.28. The van der Waals surface area contributed by atoms with Gasteiger partial charge in [0.1, 0.15) is 0 Å². The topological polar surface area (TPSA) is 27.0 Å². The third kappa shape index (κ3) is 6.33. The summed E-state index contributed by atoms with van der Waals surface area (Å²) in [7, 11) is 2.12. The highest BCUT2D eigenvalue weighted by molar-refractivity contribution is 7.80. The van der Waals surface area contributed by atoms with Crippen molar-refractivity contribution in [1.29, 1.82) is 5.26 Å². The van der Waals surface area contributed by atoms with Gasteiger partial charge in [0.2, 0.25) is 0 Å². The lowest BCUT2D eigenvalue weighted by molar-refractivity contribution is 0.163. The molecule has 17 heavy (non-hydrogen) atoms. The molecule has 0 amide bonds. The number of thiol groups is 1. The van der Waals surface area contributed by atoms with Crippen LogP contribution in [0.4, 0.5) is 0 Å². The maximum atomic E-state index is 8.85. The first-order valence-corrected chi connectivity index (χ1v) is 7.35. The van der Waals surface area contributed by atoms with Crippen LogP contribution in [0.1, 0.15) is 46.5 Å². The Labute approximate surface area is 113 Å². The zero-order valence-electron chi connectivity index (χ0n) is 11.9. The molecule has 0 spiro atoms. The monoisotopic (exact) mass is 256 g/mol. The van der Waals surface area contributed by atoms with Gasteiger partial charge in [-0.2, -0.15) is 17.9 Å². The molecule has 0 aliphatic heterocycles. The zero-order valence-corrected chi connectivity index (χ0v) is 12.8. The van der Waals surface area contributed by atoms with Crippen LogP contribution in [-0.2, 0) is 0 Å². The van der Waals surface area contributed by atoms with Crippen LogP contribution >= 0.6 is 12.6 Å². The summed E-state index contributed by atoms with van der Waals surface area (Å²) in [5, 5.41) is 8.85. The molecule has 0 aromatic heterocycles. The van der Waals surface area contributed by atoms with E-state index in [0.717, 1.165) is 18.8 Å². The van der Waals surface area contributed by atoms with Gasteiger partial charge in [0.05, 0.1) is 12.0 Å². The lowest BCUT2D eigenvalue weighted by Crippen LogP contribution is -2.39. The molecule has 0 heterocycles. The van der Waals surface area contributed by atoms with E-state index in [-0.39, 0.29) is 5.92 Å². The molecule has 0 N–H and O–H groups in total. The van der Waals surface area contributed by atoms with Crippen molar-refractivity contribution in [1.82, 2.24) is 4.90 Å².